The van der Waals surface area contributed by atoms with Gasteiger partial charge in [0, 0.05) is 0 Å². The van der Waals surface area contributed by atoms with Crippen LogP contribution in [0.2, 0.25) is 4.31 Å². The fourth-order valence-corrected chi connectivity index (χ4v) is 5.45. The second kappa shape index (κ2) is 4.20. The summed E-state index contributed by atoms with van der Waals surface area (Å²) in [6.45, 7) is 2.14. The van der Waals surface area contributed by atoms with E-state index in [0.717, 1.165) is 9.08 Å². The molecule has 2 atom stereocenters. The van der Waals surface area contributed by atoms with Crippen LogP contribution in [0.4, 0.5) is 0 Å². The molecule has 2 nitrogen and oxygen atoms in total. The van der Waals surface area contributed by atoms with Gasteiger partial charge in [0.05, 0.1) is 0 Å². The van der Waals surface area contributed by atoms with Gasteiger partial charge in [-0.2, -0.15) is 0 Å². The fourth-order valence-electron chi connectivity index (χ4n) is 2.22. The third kappa shape index (κ3) is 2.12. The van der Waals surface area contributed by atoms with Crippen molar-refractivity contribution in [2.24, 2.45) is 10.9 Å². The first kappa shape index (κ1) is 11.9. The Morgan fingerprint density at radius 3 is 2.59 bits per heavy atom. The quantitative estimate of drug-likeness (QED) is 0.769. The minimum atomic E-state index is -0.508. The molecule has 1 fully saturated rings. The Bertz CT molecular complexity index is 467. The number of benzene rings is 1. The first-order chi connectivity index (χ1) is 8.11. The van der Waals surface area contributed by atoms with E-state index < -0.39 is 6.23 Å². The summed E-state index contributed by atoms with van der Waals surface area (Å²) in [6, 6.07) is 8.25. The van der Waals surface area contributed by atoms with Crippen LogP contribution in [0.15, 0.2) is 33.7 Å². The van der Waals surface area contributed by atoms with E-state index in [-0.39, 0.29) is 0 Å². The summed E-state index contributed by atoms with van der Waals surface area (Å²) in [5.41, 5.74) is 1.17. The summed E-state index contributed by atoms with van der Waals surface area (Å²) in [6.07, 6.45) is 2.02. The van der Waals surface area contributed by atoms with Crippen molar-refractivity contribution in [3.8, 4) is 0 Å². The molecule has 2 unspecified atom stereocenters. The number of hydrogen-bond acceptors (Lipinski definition) is 2. The summed E-state index contributed by atoms with van der Waals surface area (Å²) in [5, 5.41) is 10.1. The van der Waals surface area contributed by atoms with Gasteiger partial charge in [-0.05, 0) is 0 Å². The molecule has 3 rings (SSSR count). The van der Waals surface area contributed by atoms with Crippen LogP contribution >= 0.6 is 15.9 Å². The Balaban J connectivity index is 1.93. The maximum atomic E-state index is 10.1. The van der Waals surface area contributed by atoms with E-state index >= 15 is 0 Å². The second-order valence-corrected chi connectivity index (χ2v) is 8.67. The molecule has 90 valence electrons. The first-order valence-corrected chi connectivity index (χ1v) is 8.32. The van der Waals surface area contributed by atoms with E-state index in [0.29, 0.717) is 25.2 Å². The van der Waals surface area contributed by atoms with Gasteiger partial charge in [0.25, 0.3) is 0 Å². The Labute approximate surface area is 116 Å². The minimum absolute atomic E-state index is 0.335. The zero-order valence-electron chi connectivity index (χ0n) is 9.56. The van der Waals surface area contributed by atoms with Gasteiger partial charge in [-0.1, -0.05) is 0 Å². The predicted octanol–water partition coefficient (Wildman–Crippen LogP) is 2.82. The number of nitrogens with zero attached hydrogens (tertiary/aromatic N) is 1. The maximum absolute atomic E-state index is 10.1. The van der Waals surface area contributed by atoms with Crippen molar-refractivity contribution in [3.63, 3.8) is 0 Å². The number of aliphatic imine (C=N–C) groups is 1. The number of halogens is 1. The summed E-state index contributed by atoms with van der Waals surface area (Å²) in [7, 11) is 0. The average molecular weight is 359 g/mol. The standard InChI is InChI=1S/C13H14BrNOSe/c1-8-11(16)15-12(17-13(8)6-7-13)9-2-4-10(14)5-3-9/h2-5,8,11,16H,6-7H2,1H3. The summed E-state index contributed by atoms with van der Waals surface area (Å²) in [4.78, 5) is 4.48. The van der Waals surface area contributed by atoms with E-state index in [2.05, 4.69) is 40.0 Å². The molecule has 1 aliphatic heterocycles. The van der Waals surface area contributed by atoms with Gasteiger partial charge in [-0.25, -0.2) is 0 Å². The van der Waals surface area contributed by atoms with Crippen LogP contribution in [-0.4, -0.2) is 30.9 Å². The summed E-state index contributed by atoms with van der Waals surface area (Å²) >= 11 is 3.84. The van der Waals surface area contributed by atoms with Gasteiger partial charge < -0.3 is 0 Å². The first-order valence-electron chi connectivity index (χ1n) is 5.82. The van der Waals surface area contributed by atoms with Crippen molar-refractivity contribution in [1.29, 1.82) is 0 Å². The topological polar surface area (TPSA) is 32.6 Å². The normalized spacial score (nSPS) is 30.2. The fraction of sp³-hybridized carbons (Fsp3) is 0.462. The molecule has 1 saturated carbocycles. The van der Waals surface area contributed by atoms with Gasteiger partial charge in [-0.15, -0.1) is 0 Å². The van der Waals surface area contributed by atoms with E-state index in [1.165, 1.54) is 18.4 Å². The Morgan fingerprint density at radius 1 is 1.35 bits per heavy atom. The van der Waals surface area contributed by atoms with E-state index in [9.17, 15) is 5.11 Å². The molecule has 1 aliphatic carbocycles. The molecule has 1 heterocycles. The SMILES string of the molecule is CC1C(O)N=C(c2ccc(Br)cc2)[Se]C12CC2. The molecule has 0 bridgehead atoms. The number of hydrogen-bond donors (Lipinski definition) is 1. The molecular formula is C13H14BrNOSe. The zero-order chi connectivity index (χ0) is 12.0. The molecule has 0 saturated heterocycles. The number of aliphatic hydroxyl groups is 1. The van der Waals surface area contributed by atoms with E-state index in [1.807, 2.05) is 12.1 Å². The molecule has 1 aromatic rings. The van der Waals surface area contributed by atoms with Crippen LogP contribution in [-0.2, 0) is 0 Å². The number of rotatable bonds is 1. The zero-order valence-corrected chi connectivity index (χ0v) is 12.9. The van der Waals surface area contributed by atoms with Crippen molar-refractivity contribution >= 4 is 35.5 Å². The van der Waals surface area contributed by atoms with Gasteiger partial charge in [-0.3, -0.25) is 0 Å². The van der Waals surface area contributed by atoms with Crippen LogP contribution in [0, 0.1) is 5.92 Å². The van der Waals surface area contributed by atoms with Gasteiger partial charge in [0.2, 0.25) is 0 Å². The molecule has 1 aromatic carbocycles. The van der Waals surface area contributed by atoms with Crippen LogP contribution < -0.4 is 0 Å². The molecule has 0 radical (unpaired) electrons. The molecule has 1 spiro atoms. The van der Waals surface area contributed by atoms with Crippen LogP contribution in [0.3, 0.4) is 0 Å². The average Bonchev–Trinajstić information content (AvgIpc) is 3.07. The molecule has 17 heavy (non-hydrogen) atoms. The van der Waals surface area contributed by atoms with Gasteiger partial charge in [0.1, 0.15) is 0 Å². The second-order valence-electron chi connectivity index (χ2n) is 4.81. The van der Waals surface area contributed by atoms with Crippen molar-refractivity contribution in [2.45, 2.75) is 30.3 Å². The predicted molar refractivity (Wildman–Crippen MR) is 73.5 cm³/mol. The van der Waals surface area contributed by atoms with Crippen molar-refractivity contribution in [3.05, 3.63) is 34.3 Å². The third-order valence-electron chi connectivity index (χ3n) is 3.66. The Morgan fingerprint density at radius 2 is 2.00 bits per heavy atom. The molecule has 0 amide bonds. The molecule has 4 heteroatoms. The van der Waals surface area contributed by atoms with Crippen molar-refractivity contribution in [1.82, 2.24) is 0 Å². The molecule has 2 aliphatic rings. The van der Waals surface area contributed by atoms with Crippen LogP contribution in [0.5, 0.6) is 0 Å². The third-order valence-corrected chi connectivity index (χ3v) is 7.80. The van der Waals surface area contributed by atoms with Crippen LogP contribution in [0.1, 0.15) is 25.3 Å². The van der Waals surface area contributed by atoms with Crippen molar-refractivity contribution < 1.29 is 5.11 Å². The number of aliphatic hydroxyl groups excluding tert-OH is 1. The monoisotopic (exact) mass is 359 g/mol. The summed E-state index contributed by atoms with van der Waals surface area (Å²) in [5.74, 6) is 0.335. The molecular weight excluding hydrogens is 345 g/mol. The van der Waals surface area contributed by atoms with Gasteiger partial charge >= 0.3 is 116 Å². The van der Waals surface area contributed by atoms with Crippen molar-refractivity contribution in [2.75, 3.05) is 0 Å². The Hall–Kier alpha value is -0.151. The molecule has 1 N–H and O–H groups in total. The van der Waals surface area contributed by atoms with E-state index in [4.69, 9.17) is 0 Å². The van der Waals surface area contributed by atoms with Gasteiger partial charge in [0.15, 0.2) is 0 Å². The summed E-state index contributed by atoms with van der Waals surface area (Å²) < 4.78 is 2.62. The molecule has 0 aromatic heterocycles. The van der Waals surface area contributed by atoms with E-state index in [1.54, 1.807) is 0 Å². The van der Waals surface area contributed by atoms with Crippen LogP contribution in [0.25, 0.3) is 0 Å². The Kier molecular flexibility index (Phi) is 2.94.